The Balaban J connectivity index is 4.63. The molecule has 0 radical (unpaired) electrons. The standard InChI is InChI=1S/C10H13N3O4S/c1-13(6-11)10(17)7(5-18-2)12-8(14)3-4-9(15)16/h3-4,7H,5H2,1-2H3,(H,12,14)(H,15,16). The number of rotatable bonds is 6. The molecule has 0 bridgehead atoms. The van der Waals surface area contributed by atoms with E-state index in [1.54, 1.807) is 12.4 Å². The summed E-state index contributed by atoms with van der Waals surface area (Å²) in [4.78, 5) is 34.0. The Morgan fingerprint density at radius 1 is 1.50 bits per heavy atom. The van der Waals surface area contributed by atoms with E-state index >= 15 is 0 Å². The van der Waals surface area contributed by atoms with Crippen LogP contribution in [0.3, 0.4) is 0 Å². The second-order valence-electron chi connectivity index (χ2n) is 3.19. The van der Waals surface area contributed by atoms with Gasteiger partial charge in [-0.05, 0) is 6.26 Å². The van der Waals surface area contributed by atoms with E-state index in [0.29, 0.717) is 6.08 Å². The first kappa shape index (κ1) is 16.0. The Hall–Kier alpha value is -2.01. The number of likely N-dealkylation sites (N-methyl/N-ethyl adjacent to an activating group) is 1. The minimum absolute atomic E-state index is 0.289. The van der Waals surface area contributed by atoms with Crippen LogP contribution < -0.4 is 5.32 Å². The number of thioether (sulfide) groups is 1. The maximum absolute atomic E-state index is 11.7. The molecule has 0 saturated carbocycles. The normalized spacial score (nSPS) is 11.6. The van der Waals surface area contributed by atoms with Gasteiger partial charge in [0.2, 0.25) is 5.91 Å². The lowest BCUT2D eigenvalue weighted by Gasteiger charge is -2.18. The van der Waals surface area contributed by atoms with Crippen LogP contribution in [0.5, 0.6) is 0 Å². The number of carboxylic acid groups (broad SMARTS) is 1. The van der Waals surface area contributed by atoms with Gasteiger partial charge in [0.15, 0.2) is 6.19 Å². The number of nitrogens with one attached hydrogen (secondary N) is 1. The number of hydrogen-bond acceptors (Lipinski definition) is 5. The van der Waals surface area contributed by atoms with Gasteiger partial charge in [0, 0.05) is 25.0 Å². The predicted octanol–water partition coefficient (Wildman–Crippen LogP) is -0.586. The monoisotopic (exact) mass is 271 g/mol. The highest BCUT2D eigenvalue weighted by Gasteiger charge is 2.22. The van der Waals surface area contributed by atoms with Gasteiger partial charge in [-0.1, -0.05) is 0 Å². The Morgan fingerprint density at radius 2 is 2.11 bits per heavy atom. The average Bonchev–Trinajstić information content (AvgIpc) is 2.33. The number of hydrogen-bond donors (Lipinski definition) is 2. The van der Waals surface area contributed by atoms with Gasteiger partial charge in [-0.25, -0.2) is 4.79 Å². The minimum Gasteiger partial charge on any atom is -0.478 e. The van der Waals surface area contributed by atoms with Crippen LogP contribution in [0.15, 0.2) is 12.2 Å². The molecule has 0 aromatic carbocycles. The Bertz CT molecular complexity index is 402. The molecule has 0 aliphatic carbocycles. The van der Waals surface area contributed by atoms with Crippen molar-refractivity contribution in [1.29, 1.82) is 5.26 Å². The summed E-state index contributed by atoms with van der Waals surface area (Å²) in [5.41, 5.74) is 0. The molecule has 0 aliphatic heterocycles. The second-order valence-corrected chi connectivity index (χ2v) is 4.10. The number of amides is 2. The Kier molecular flexibility index (Phi) is 7.23. The van der Waals surface area contributed by atoms with E-state index in [-0.39, 0.29) is 5.75 Å². The van der Waals surface area contributed by atoms with Crippen LogP contribution in [-0.2, 0) is 14.4 Å². The van der Waals surface area contributed by atoms with Crippen LogP contribution in [0, 0.1) is 11.5 Å². The molecule has 1 atom stereocenters. The van der Waals surface area contributed by atoms with Gasteiger partial charge >= 0.3 is 5.97 Å². The number of carbonyl (C=O) groups excluding carboxylic acids is 2. The molecular weight excluding hydrogens is 258 g/mol. The van der Waals surface area contributed by atoms with E-state index in [0.717, 1.165) is 11.0 Å². The molecule has 0 saturated heterocycles. The van der Waals surface area contributed by atoms with Gasteiger partial charge in [0.1, 0.15) is 6.04 Å². The summed E-state index contributed by atoms with van der Waals surface area (Å²) in [6.07, 6.45) is 4.87. The maximum atomic E-state index is 11.7. The molecule has 0 aromatic rings. The molecule has 0 heterocycles. The first-order valence-corrected chi connectivity index (χ1v) is 6.19. The molecule has 2 N–H and O–H groups in total. The highest BCUT2D eigenvalue weighted by Crippen LogP contribution is 2.01. The fourth-order valence-corrected chi connectivity index (χ4v) is 1.55. The van der Waals surface area contributed by atoms with Crippen molar-refractivity contribution < 1.29 is 19.5 Å². The first-order chi connectivity index (χ1) is 8.42. The molecular formula is C10H13N3O4S. The molecule has 7 nitrogen and oxygen atoms in total. The average molecular weight is 271 g/mol. The highest BCUT2D eigenvalue weighted by molar-refractivity contribution is 7.98. The summed E-state index contributed by atoms with van der Waals surface area (Å²) in [5.74, 6) is -2.22. The van der Waals surface area contributed by atoms with Gasteiger partial charge in [-0.3, -0.25) is 14.5 Å². The molecule has 2 amide bonds. The molecule has 0 spiro atoms. The lowest BCUT2D eigenvalue weighted by atomic mass is 10.3. The van der Waals surface area contributed by atoms with E-state index in [1.165, 1.54) is 18.8 Å². The molecule has 1 unspecified atom stereocenters. The summed E-state index contributed by atoms with van der Waals surface area (Å²) in [7, 11) is 1.29. The van der Waals surface area contributed by atoms with E-state index in [4.69, 9.17) is 10.4 Å². The van der Waals surface area contributed by atoms with Crippen molar-refractivity contribution in [3.05, 3.63) is 12.2 Å². The molecule has 18 heavy (non-hydrogen) atoms. The lowest BCUT2D eigenvalue weighted by molar-refractivity contribution is -0.131. The summed E-state index contributed by atoms with van der Waals surface area (Å²) < 4.78 is 0. The van der Waals surface area contributed by atoms with Crippen LogP contribution in [0.1, 0.15) is 0 Å². The largest absolute Gasteiger partial charge is 0.478 e. The highest BCUT2D eigenvalue weighted by atomic mass is 32.2. The molecule has 0 aromatic heterocycles. The second kappa shape index (κ2) is 8.14. The number of nitrogens with zero attached hydrogens (tertiary/aromatic N) is 2. The van der Waals surface area contributed by atoms with E-state index in [1.807, 2.05) is 0 Å². The van der Waals surface area contributed by atoms with Crippen LogP contribution in [-0.4, -0.2) is 52.9 Å². The summed E-state index contributed by atoms with van der Waals surface area (Å²) in [5, 5.41) is 19.3. The molecule has 98 valence electrons. The topological polar surface area (TPSA) is 110 Å². The number of aliphatic carboxylic acids is 1. The van der Waals surface area contributed by atoms with Gasteiger partial charge < -0.3 is 10.4 Å². The summed E-state index contributed by atoms with van der Waals surface area (Å²) in [6.45, 7) is 0. The smallest absolute Gasteiger partial charge is 0.328 e. The third kappa shape index (κ3) is 5.91. The fraction of sp³-hybridized carbons (Fsp3) is 0.400. The number of carbonyl (C=O) groups is 3. The number of carboxylic acids is 1. The van der Waals surface area contributed by atoms with Gasteiger partial charge in [-0.15, -0.1) is 0 Å². The third-order valence-electron chi connectivity index (χ3n) is 1.81. The Morgan fingerprint density at radius 3 is 2.56 bits per heavy atom. The van der Waals surface area contributed by atoms with Gasteiger partial charge in [-0.2, -0.15) is 17.0 Å². The van der Waals surface area contributed by atoms with Crippen LogP contribution in [0.2, 0.25) is 0 Å². The zero-order valence-corrected chi connectivity index (χ0v) is 10.7. The van der Waals surface area contributed by atoms with Crippen LogP contribution in [0.4, 0.5) is 0 Å². The molecule has 0 rings (SSSR count). The van der Waals surface area contributed by atoms with E-state index in [2.05, 4.69) is 5.32 Å². The summed E-state index contributed by atoms with van der Waals surface area (Å²) >= 11 is 1.32. The van der Waals surface area contributed by atoms with Crippen molar-refractivity contribution in [2.24, 2.45) is 0 Å². The van der Waals surface area contributed by atoms with Gasteiger partial charge in [0.05, 0.1) is 0 Å². The molecule has 0 aliphatic rings. The maximum Gasteiger partial charge on any atom is 0.328 e. The van der Waals surface area contributed by atoms with Crippen molar-refractivity contribution >= 4 is 29.5 Å². The quantitative estimate of drug-likeness (QED) is 0.380. The predicted molar refractivity (Wildman–Crippen MR) is 65.5 cm³/mol. The van der Waals surface area contributed by atoms with Crippen molar-refractivity contribution in [2.75, 3.05) is 19.1 Å². The number of nitriles is 1. The van der Waals surface area contributed by atoms with Crippen molar-refractivity contribution in [1.82, 2.24) is 10.2 Å². The first-order valence-electron chi connectivity index (χ1n) is 4.80. The van der Waals surface area contributed by atoms with E-state index in [9.17, 15) is 14.4 Å². The third-order valence-corrected chi connectivity index (χ3v) is 2.47. The lowest BCUT2D eigenvalue weighted by Crippen LogP contribution is -2.47. The molecule has 8 heteroatoms. The zero-order chi connectivity index (χ0) is 14.1. The van der Waals surface area contributed by atoms with Crippen molar-refractivity contribution in [2.45, 2.75) is 6.04 Å². The van der Waals surface area contributed by atoms with E-state index < -0.39 is 23.8 Å². The fourth-order valence-electron chi connectivity index (χ4n) is 0.991. The van der Waals surface area contributed by atoms with Crippen molar-refractivity contribution in [3.8, 4) is 6.19 Å². The van der Waals surface area contributed by atoms with Gasteiger partial charge in [0.25, 0.3) is 5.91 Å². The van der Waals surface area contributed by atoms with Crippen LogP contribution in [0.25, 0.3) is 0 Å². The minimum atomic E-state index is -1.26. The Labute approximate surface area is 108 Å². The zero-order valence-electron chi connectivity index (χ0n) is 9.91. The summed E-state index contributed by atoms with van der Waals surface area (Å²) in [6, 6.07) is -0.865. The molecule has 0 fully saturated rings. The van der Waals surface area contributed by atoms with Crippen molar-refractivity contribution in [3.63, 3.8) is 0 Å². The van der Waals surface area contributed by atoms with Crippen LogP contribution >= 0.6 is 11.8 Å². The SMILES string of the molecule is CSCC(NC(=O)C=CC(=O)O)C(=O)N(C)C#N.